The number of anilines is 2. The van der Waals surface area contributed by atoms with E-state index in [4.69, 9.17) is 15.9 Å². The van der Waals surface area contributed by atoms with E-state index in [0.717, 1.165) is 24.5 Å². The number of nitrogens with one attached hydrogen (secondary N) is 1. The van der Waals surface area contributed by atoms with Gasteiger partial charge in [-0.05, 0) is 45.4 Å². The van der Waals surface area contributed by atoms with Gasteiger partial charge in [0.05, 0.1) is 17.9 Å². The summed E-state index contributed by atoms with van der Waals surface area (Å²) in [6.45, 7) is 9.89. The van der Waals surface area contributed by atoms with Crippen molar-refractivity contribution in [3.8, 4) is 0 Å². The van der Waals surface area contributed by atoms with Gasteiger partial charge < -0.3 is 15.4 Å². The standard InChI is InChI=1S/C21H29N5O/c1-13(2)8-16-6-7-18(22)17(9-16)21(23)19-10-20(25(5)24-19)26-11-14(3)27-15(4)12-26/h6-10,14-15,23H,11-12,22H2,1-5H3/t14-,15?/m0/s1. The van der Waals surface area contributed by atoms with Crippen molar-refractivity contribution in [3.63, 3.8) is 0 Å². The van der Waals surface area contributed by atoms with Crippen LogP contribution in [0.3, 0.4) is 0 Å². The van der Waals surface area contributed by atoms with Crippen molar-refractivity contribution in [2.45, 2.75) is 39.9 Å². The van der Waals surface area contributed by atoms with E-state index in [9.17, 15) is 0 Å². The van der Waals surface area contributed by atoms with E-state index in [2.05, 4.69) is 43.8 Å². The SMILES string of the molecule is CC(C)=Cc1ccc(N)c(C(=N)c2cc(N3CC(C)O[C@@H](C)C3)n(C)n2)c1. The molecule has 1 saturated heterocycles. The Kier molecular flexibility index (Phi) is 5.37. The van der Waals surface area contributed by atoms with Crippen LogP contribution >= 0.6 is 0 Å². The van der Waals surface area contributed by atoms with E-state index in [1.54, 1.807) is 0 Å². The summed E-state index contributed by atoms with van der Waals surface area (Å²) in [6.07, 6.45) is 2.42. The highest BCUT2D eigenvalue weighted by atomic mass is 16.5. The van der Waals surface area contributed by atoms with Gasteiger partial charge in [0.1, 0.15) is 11.5 Å². The number of hydrogen-bond donors (Lipinski definition) is 2. The molecule has 144 valence electrons. The Morgan fingerprint density at radius 2 is 1.89 bits per heavy atom. The number of aromatic nitrogens is 2. The quantitative estimate of drug-likeness (QED) is 0.641. The zero-order chi connectivity index (χ0) is 19.7. The lowest BCUT2D eigenvalue weighted by Gasteiger charge is -2.36. The van der Waals surface area contributed by atoms with Crippen LogP contribution in [0.2, 0.25) is 0 Å². The molecule has 1 aromatic heterocycles. The number of hydrogen-bond acceptors (Lipinski definition) is 5. The molecule has 2 aromatic rings. The van der Waals surface area contributed by atoms with E-state index < -0.39 is 0 Å². The highest BCUT2D eigenvalue weighted by molar-refractivity contribution is 6.13. The average molecular weight is 367 g/mol. The summed E-state index contributed by atoms with van der Waals surface area (Å²) >= 11 is 0. The Morgan fingerprint density at radius 3 is 2.52 bits per heavy atom. The number of nitrogens with zero attached hydrogens (tertiary/aromatic N) is 3. The Hall–Kier alpha value is -2.60. The second kappa shape index (κ2) is 7.56. The molecule has 6 nitrogen and oxygen atoms in total. The van der Waals surface area contributed by atoms with Gasteiger partial charge in [0, 0.05) is 37.5 Å². The molecule has 3 rings (SSSR count). The molecule has 2 heterocycles. The number of morpholine rings is 1. The summed E-state index contributed by atoms with van der Waals surface area (Å²) < 4.78 is 7.66. The second-order valence-corrected chi connectivity index (χ2v) is 7.62. The topological polar surface area (TPSA) is 80.2 Å². The summed E-state index contributed by atoms with van der Waals surface area (Å²) in [6, 6.07) is 7.76. The third kappa shape index (κ3) is 4.22. The normalized spacial score (nSPS) is 19.8. The molecule has 0 amide bonds. The van der Waals surface area contributed by atoms with Crippen LogP contribution in [0.5, 0.6) is 0 Å². The molecular weight excluding hydrogens is 338 g/mol. The maximum atomic E-state index is 8.67. The van der Waals surface area contributed by atoms with Crippen molar-refractivity contribution in [3.05, 3.63) is 46.7 Å². The third-order valence-electron chi connectivity index (χ3n) is 4.66. The summed E-state index contributed by atoms with van der Waals surface area (Å²) in [5.41, 5.74) is 10.7. The van der Waals surface area contributed by atoms with Gasteiger partial charge >= 0.3 is 0 Å². The fraction of sp³-hybridized carbons (Fsp3) is 0.429. The van der Waals surface area contributed by atoms with Gasteiger partial charge in [-0.25, -0.2) is 0 Å². The van der Waals surface area contributed by atoms with E-state index >= 15 is 0 Å². The van der Waals surface area contributed by atoms with E-state index in [1.807, 2.05) is 36.0 Å². The highest BCUT2D eigenvalue weighted by Gasteiger charge is 2.25. The number of aryl methyl sites for hydroxylation is 1. The number of rotatable bonds is 4. The minimum Gasteiger partial charge on any atom is -0.398 e. The van der Waals surface area contributed by atoms with Crippen LogP contribution in [0.25, 0.3) is 6.08 Å². The Morgan fingerprint density at radius 1 is 1.22 bits per heavy atom. The van der Waals surface area contributed by atoms with Crippen molar-refractivity contribution < 1.29 is 4.74 Å². The molecule has 27 heavy (non-hydrogen) atoms. The predicted molar refractivity (Wildman–Crippen MR) is 112 cm³/mol. The minimum atomic E-state index is 0.169. The summed E-state index contributed by atoms with van der Waals surface area (Å²) in [5.74, 6) is 0.996. The van der Waals surface area contributed by atoms with Crippen molar-refractivity contribution in [1.29, 1.82) is 5.41 Å². The maximum absolute atomic E-state index is 8.67. The van der Waals surface area contributed by atoms with Crippen LogP contribution in [0.4, 0.5) is 11.5 Å². The lowest BCUT2D eigenvalue weighted by atomic mass is 10.0. The summed E-state index contributed by atoms with van der Waals surface area (Å²) in [5, 5.41) is 13.3. The first-order valence-electron chi connectivity index (χ1n) is 9.32. The predicted octanol–water partition coefficient (Wildman–Crippen LogP) is 3.46. The molecule has 1 fully saturated rings. The molecule has 0 bridgehead atoms. The first kappa shape index (κ1) is 19.2. The van der Waals surface area contributed by atoms with E-state index in [-0.39, 0.29) is 12.2 Å². The van der Waals surface area contributed by atoms with Crippen LogP contribution < -0.4 is 10.6 Å². The summed E-state index contributed by atoms with van der Waals surface area (Å²) in [7, 11) is 1.92. The Bertz CT molecular complexity index is 869. The highest BCUT2D eigenvalue weighted by Crippen LogP contribution is 2.24. The molecule has 3 N–H and O–H groups in total. The van der Waals surface area contributed by atoms with Crippen molar-refractivity contribution in [2.75, 3.05) is 23.7 Å². The third-order valence-corrected chi connectivity index (χ3v) is 4.66. The molecule has 1 aliphatic heterocycles. The van der Waals surface area contributed by atoms with Crippen molar-refractivity contribution in [1.82, 2.24) is 9.78 Å². The average Bonchev–Trinajstić information content (AvgIpc) is 2.96. The van der Waals surface area contributed by atoms with E-state index in [0.29, 0.717) is 22.7 Å². The van der Waals surface area contributed by atoms with Gasteiger partial charge in [0.25, 0.3) is 0 Å². The molecule has 1 aromatic carbocycles. The molecular formula is C21H29N5O. The van der Waals surface area contributed by atoms with Crippen LogP contribution in [0.15, 0.2) is 29.8 Å². The van der Waals surface area contributed by atoms with Gasteiger partial charge in [-0.3, -0.25) is 10.1 Å². The number of benzene rings is 1. The van der Waals surface area contributed by atoms with Gasteiger partial charge in [-0.2, -0.15) is 5.10 Å². The minimum absolute atomic E-state index is 0.169. The fourth-order valence-corrected chi connectivity index (χ4v) is 3.59. The molecule has 1 unspecified atom stereocenters. The number of nitrogens with two attached hydrogens (primary N) is 1. The molecule has 2 atom stereocenters. The first-order valence-corrected chi connectivity index (χ1v) is 9.32. The molecule has 6 heteroatoms. The maximum Gasteiger partial charge on any atom is 0.127 e. The lowest BCUT2D eigenvalue weighted by Crippen LogP contribution is -2.46. The smallest absolute Gasteiger partial charge is 0.127 e. The Labute approximate surface area is 161 Å². The lowest BCUT2D eigenvalue weighted by molar-refractivity contribution is -0.00564. The monoisotopic (exact) mass is 367 g/mol. The number of ether oxygens (including phenoxy) is 1. The van der Waals surface area contributed by atoms with Gasteiger partial charge in [-0.1, -0.05) is 17.7 Å². The van der Waals surface area contributed by atoms with E-state index in [1.165, 1.54) is 5.57 Å². The zero-order valence-corrected chi connectivity index (χ0v) is 16.8. The van der Waals surface area contributed by atoms with Crippen LogP contribution in [-0.4, -0.2) is 40.8 Å². The first-order chi connectivity index (χ1) is 12.7. The van der Waals surface area contributed by atoms with Gasteiger partial charge in [0.2, 0.25) is 0 Å². The molecule has 0 aliphatic carbocycles. The zero-order valence-electron chi connectivity index (χ0n) is 16.8. The van der Waals surface area contributed by atoms with Crippen molar-refractivity contribution in [2.24, 2.45) is 7.05 Å². The summed E-state index contributed by atoms with van der Waals surface area (Å²) in [4.78, 5) is 2.27. The molecule has 1 aliphatic rings. The largest absolute Gasteiger partial charge is 0.398 e. The van der Waals surface area contributed by atoms with Crippen LogP contribution in [-0.2, 0) is 11.8 Å². The molecule has 0 spiro atoms. The molecule has 0 radical (unpaired) electrons. The number of nitrogen functional groups attached to an aromatic ring is 1. The van der Waals surface area contributed by atoms with Crippen LogP contribution in [0.1, 0.15) is 44.5 Å². The second-order valence-electron chi connectivity index (χ2n) is 7.62. The van der Waals surface area contributed by atoms with Crippen LogP contribution in [0, 0.1) is 5.41 Å². The van der Waals surface area contributed by atoms with Gasteiger partial charge in [-0.15, -0.1) is 0 Å². The number of allylic oxidation sites excluding steroid dienone is 1. The van der Waals surface area contributed by atoms with Gasteiger partial charge in [0.15, 0.2) is 0 Å². The molecule has 0 saturated carbocycles. The fourth-order valence-electron chi connectivity index (χ4n) is 3.59. The van der Waals surface area contributed by atoms with Crippen molar-refractivity contribution >= 4 is 23.3 Å². The Balaban J connectivity index is 1.92.